The third-order valence-corrected chi connectivity index (χ3v) is 6.65. The first kappa shape index (κ1) is 21.5. The van der Waals surface area contributed by atoms with E-state index in [-0.39, 0.29) is 23.6 Å². The zero-order valence-corrected chi connectivity index (χ0v) is 18.9. The van der Waals surface area contributed by atoms with Gasteiger partial charge in [-0.05, 0) is 36.2 Å². The minimum Gasteiger partial charge on any atom is -0.378 e. The normalized spacial score (nSPS) is 20.7. The highest BCUT2D eigenvalue weighted by Gasteiger charge is 2.41. The Balaban J connectivity index is 1.33. The molecule has 2 saturated heterocycles. The summed E-state index contributed by atoms with van der Waals surface area (Å²) in [6.07, 6.45) is 4.36. The van der Waals surface area contributed by atoms with E-state index in [4.69, 9.17) is 4.74 Å². The number of rotatable bonds is 5. The molecule has 33 heavy (non-hydrogen) atoms. The average Bonchev–Trinajstić information content (AvgIpc) is 3.34. The van der Waals surface area contributed by atoms with Crippen molar-refractivity contribution in [2.45, 2.75) is 32.0 Å². The number of aromatic amines is 1. The van der Waals surface area contributed by atoms with E-state index < -0.39 is 0 Å². The van der Waals surface area contributed by atoms with Crippen LogP contribution in [0.5, 0.6) is 0 Å². The number of ether oxygens (including phenoxy) is 1. The molecule has 9 nitrogen and oxygen atoms in total. The van der Waals surface area contributed by atoms with Gasteiger partial charge in [0.1, 0.15) is 5.69 Å². The fourth-order valence-electron chi connectivity index (χ4n) is 4.83. The predicted octanol–water partition coefficient (Wildman–Crippen LogP) is 1.33. The Hall–Kier alpha value is -3.30. The maximum atomic E-state index is 12.2. The number of H-pyrrole nitrogens is 1. The average molecular weight is 449 g/mol. The molecule has 0 spiro atoms. The molecule has 2 aliphatic heterocycles. The van der Waals surface area contributed by atoms with Crippen molar-refractivity contribution in [2.24, 2.45) is 0 Å². The van der Waals surface area contributed by atoms with Gasteiger partial charge in [0.2, 0.25) is 0 Å². The number of pyridine rings is 3. The van der Waals surface area contributed by atoms with Crippen molar-refractivity contribution in [1.82, 2.24) is 25.2 Å². The molecule has 5 rings (SSSR count). The molecule has 3 aromatic heterocycles. The zero-order valence-electron chi connectivity index (χ0n) is 18.9. The number of fused-ring (bicyclic) bond motifs is 2. The standard InChI is InChI=1S/C24H28N6O3/c1-3-16-9-19-20(28-23(16)31)8-15(10-26-19)12-29-6-7-30(22-14-33-13-21(22)29)17-4-5-18(27-11-17)24(32)25-2/h4-5,8-11,21-22H,3,6-7,12-14H2,1-2H3,(H,25,32)(H,28,31)/t21-,22+/m0/s1. The molecular weight excluding hydrogens is 420 g/mol. The minimum atomic E-state index is -0.190. The molecule has 5 heterocycles. The van der Waals surface area contributed by atoms with Gasteiger partial charge in [0, 0.05) is 38.4 Å². The van der Waals surface area contributed by atoms with Crippen molar-refractivity contribution in [3.05, 3.63) is 63.8 Å². The summed E-state index contributed by atoms with van der Waals surface area (Å²) in [5.41, 5.74) is 4.77. The molecule has 0 radical (unpaired) electrons. The molecule has 2 atom stereocenters. The number of hydrogen-bond acceptors (Lipinski definition) is 7. The smallest absolute Gasteiger partial charge is 0.269 e. The molecule has 0 aromatic carbocycles. The molecule has 9 heteroatoms. The Bertz CT molecular complexity index is 1230. The number of nitrogens with one attached hydrogen (secondary N) is 2. The second-order valence-corrected chi connectivity index (χ2v) is 8.57. The summed E-state index contributed by atoms with van der Waals surface area (Å²) in [7, 11) is 1.60. The third kappa shape index (κ3) is 4.09. The van der Waals surface area contributed by atoms with Crippen LogP contribution in [-0.2, 0) is 17.7 Å². The van der Waals surface area contributed by atoms with Crippen LogP contribution >= 0.6 is 0 Å². The van der Waals surface area contributed by atoms with Crippen molar-refractivity contribution < 1.29 is 9.53 Å². The van der Waals surface area contributed by atoms with E-state index in [0.717, 1.165) is 47.5 Å². The summed E-state index contributed by atoms with van der Waals surface area (Å²) < 4.78 is 5.87. The van der Waals surface area contributed by atoms with Crippen molar-refractivity contribution in [2.75, 3.05) is 38.3 Å². The lowest BCUT2D eigenvalue weighted by Crippen LogP contribution is -2.59. The van der Waals surface area contributed by atoms with E-state index in [0.29, 0.717) is 25.3 Å². The van der Waals surface area contributed by atoms with E-state index in [9.17, 15) is 9.59 Å². The molecular formula is C24H28N6O3. The van der Waals surface area contributed by atoms with Gasteiger partial charge in [-0.3, -0.25) is 19.5 Å². The number of carbonyl (C=O) groups excluding carboxylic acids is 1. The molecule has 0 saturated carbocycles. The van der Waals surface area contributed by atoms with Gasteiger partial charge in [0.15, 0.2) is 0 Å². The highest BCUT2D eigenvalue weighted by atomic mass is 16.5. The first-order valence-electron chi connectivity index (χ1n) is 11.3. The fourth-order valence-corrected chi connectivity index (χ4v) is 4.83. The van der Waals surface area contributed by atoms with E-state index in [1.165, 1.54) is 0 Å². The minimum absolute atomic E-state index is 0.0436. The second kappa shape index (κ2) is 8.92. The topological polar surface area (TPSA) is 103 Å². The van der Waals surface area contributed by atoms with Gasteiger partial charge in [-0.2, -0.15) is 0 Å². The Morgan fingerprint density at radius 3 is 2.79 bits per heavy atom. The summed E-state index contributed by atoms with van der Waals surface area (Å²) in [5, 5.41) is 2.60. The first-order chi connectivity index (χ1) is 16.1. The predicted molar refractivity (Wildman–Crippen MR) is 126 cm³/mol. The zero-order chi connectivity index (χ0) is 22.9. The van der Waals surface area contributed by atoms with Crippen molar-refractivity contribution in [1.29, 1.82) is 0 Å². The quantitative estimate of drug-likeness (QED) is 0.607. The highest BCUT2D eigenvalue weighted by molar-refractivity contribution is 5.92. The number of aryl methyl sites for hydroxylation is 1. The summed E-state index contributed by atoms with van der Waals surface area (Å²) in [6, 6.07) is 8.08. The largest absolute Gasteiger partial charge is 0.378 e. The Morgan fingerprint density at radius 1 is 1.18 bits per heavy atom. The summed E-state index contributed by atoms with van der Waals surface area (Å²) in [5.74, 6) is -0.190. The third-order valence-electron chi connectivity index (χ3n) is 6.65. The van der Waals surface area contributed by atoms with Crippen molar-refractivity contribution >= 4 is 22.6 Å². The Labute approximate surface area is 191 Å². The number of anilines is 1. The van der Waals surface area contributed by atoms with Gasteiger partial charge in [0.05, 0.1) is 48.2 Å². The number of piperazine rings is 1. The van der Waals surface area contributed by atoms with Crippen LogP contribution in [0.2, 0.25) is 0 Å². The molecule has 3 aromatic rings. The molecule has 0 unspecified atom stereocenters. The monoisotopic (exact) mass is 448 g/mol. The molecule has 0 aliphatic carbocycles. The Kier molecular flexibility index (Phi) is 5.82. The first-order valence-corrected chi connectivity index (χ1v) is 11.3. The lowest BCUT2D eigenvalue weighted by atomic mass is 10.0. The Morgan fingerprint density at radius 2 is 2.03 bits per heavy atom. The van der Waals surface area contributed by atoms with Crippen molar-refractivity contribution in [3.63, 3.8) is 0 Å². The molecule has 2 N–H and O–H groups in total. The van der Waals surface area contributed by atoms with Gasteiger partial charge in [-0.15, -0.1) is 0 Å². The SMILES string of the molecule is CCc1cc2ncc(CN3CCN(c4ccc(C(=O)NC)nc4)[C@@H]4COC[C@@H]43)cc2[nH]c1=O. The van der Waals surface area contributed by atoms with Gasteiger partial charge < -0.3 is 19.9 Å². The van der Waals surface area contributed by atoms with Crippen LogP contribution in [0, 0.1) is 0 Å². The second-order valence-electron chi connectivity index (χ2n) is 8.57. The van der Waals surface area contributed by atoms with E-state index >= 15 is 0 Å². The molecule has 172 valence electrons. The van der Waals surface area contributed by atoms with Crippen LogP contribution in [0.25, 0.3) is 11.0 Å². The maximum absolute atomic E-state index is 12.2. The lowest BCUT2D eigenvalue weighted by Gasteiger charge is -2.44. The van der Waals surface area contributed by atoms with Crippen LogP contribution < -0.4 is 15.8 Å². The van der Waals surface area contributed by atoms with Crippen molar-refractivity contribution in [3.8, 4) is 0 Å². The number of hydrogen-bond donors (Lipinski definition) is 2. The van der Waals surface area contributed by atoms with Crippen LogP contribution in [0.3, 0.4) is 0 Å². The number of carbonyl (C=O) groups is 1. The molecule has 2 fully saturated rings. The molecule has 0 bridgehead atoms. The molecule has 1 amide bonds. The maximum Gasteiger partial charge on any atom is 0.269 e. The highest BCUT2D eigenvalue weighted by Crippen LogP contribution is 2.29. The van der Waals surface area contributed by atoms with E-state index in [1.54, 1.807) is 19.3 Å². The van der Waals surface area contributed by atoms with Crippen LogP contribution in [-0.4, -0.2) is 71.2 Å². The van der Waals surface area contributed by atoms with Crippen LogP contribution in [0.15, 0.2) is 41.5 Å². The number of amides is 1. The van der Waals surface area contributed by atoms with E-state index in [1.807, 2.05) is 31.3 Å². The number of aromatic nitrogens is 3. The summed E-state index contributed by atoms with van der Waals surface area (Å²) in [4.78, 5) is 40.7. The van der Waals surface area contributed by atoms with Crippen LogP contribution in [0.4, 0.5) is 5.69 Å². The number of nitrogens with zero attached hydrogens (tertiary/aromatic N) is 4. The molecule has 2 aliphatic rings. The van der Waals surface area contributed by atoms with Gasteiger partial charge in [-0.1, -0.05) is 6.92 Å². The van der Waals surface area contributed by atoms with Gasteiger partial charge in [0.25, 0.3) is 11.5 Å². The van der Waals surface area contributed by atoms with Gasteiger partial charge >= 0.3 is 0 Å². The van der Waals surface area contributed by atoms with Gasteiger partial charge in [-0.25, -0.2) is 4.98 Å². The summed E-state index contributed by atoms with van der Waals surface area (Å²) in [6.45, 7) is 5.74. The fraction of sp³-hybridized carbons (Fsp3) is 0.417. The summed E-state index contributed by atoms with van der Waals surface area (Å²) >= 11 is 0. The van der Waals surface area contributed by atoms with Crippen LogP contribution in [0.1, 0.15) is 28.5 Å². The van der Waals surface area contributed by atoms with E-state index in [2.05, 4.69) is 30.1 Å². The lowest BCUT2D eigenvalue weighted by molar-refractivity contribution is 0.0958.